The molecule has 0 aromatic carbocycles. The topological polar surface area (TPSA) is 40.6 Å². The summed E-state index contributed by atoms with van der Waals surface area (Å²) in [4.78, 5) is 21.0. The molecule has 14 heavy (non-hydrogen) atoms. The first-order valence-electron chi connectivity index (χ1n) is 4.95. The van der Waals surface area contributed by atoms with E-state index in [-0.39, 0.29) is 12.1 Å². The Bertz CT molecular complexity index is 161. The van der Waals surface area contributed by atoms with E-state index in [1.807, 2.05) is 37.7 Å². The minimum Gasteiger partial charge on any atom is -0.302 e. The van der Waals surface area contributed by atoms with E-state index in [2.05, 4.69) is 0 Å². The Morgan fingerprint density at radius 3 is 1.29 bits per heavy atom. The molecule has 0 amide bonds. The summed E-state index contributed by atoms with van der Waals surface area (Å²) in [6, 6.07) is 0.449. The van der Waals surface area contributed by atoms with Crippen LogP contribution < -0.4 is 0 Å². The fraction of sp³-hybridized carbons (Fsp3) is 0.800. The van der Waals surface area contributed by atoms with E-state index in [1.54, 1.807) is 0 Å². The SMILES string of the molecule is CC(C)N(CC=O)N(CC=O)C(C)C. The molecule has 0 radical (unpaired) electrons. The number of hydrogen-bond donors (Lipinski definition) is 0. The lowest BCUT2D eigenvalue weighted by Crippen LogP contribution is -2.51. The number of carbonyl (C=O) groups is 2. The minimum absolute atomic E-state index is 0.225. The Labute approximate surface area is 85.8 Å². The van der Waals surface area contributed by atoms with Crippen LogP contribution in [0.3, 0.4) is 0 Å². The molecule has 0 aromatic rings. The summed E-state index contributed by atoms with van der Waals surface area (Å²) in [6.07, 6.45) is 1.72. The standard InChI is InChI=1S/C10H20N2O2/c1-9(2)11(5-7-13)12(6-8-14)10(3)4/h7-10H,5-6H2,1-4H3. The van der Waals surface area contributed by atoms with Gasteiger partial charge in [-0.1, -0.05) is 0 Å². The largest absolute Gasteiger partial charge is 0.302 e. The maximum atomic E-state index is 10.5. The van der Waals surface area contributed by atoms with Crippen molar-refractivity contribution >= 4 is 12.6 Å². The average Bonchev–Trinajstić information content (AvgIpc) is 2.10. The number of hydrazine groups is 1. The molecule has 0 atom stereocenters. The van der Waals surface area contributed by atoms with Crippen LogP contribution in [0.1, 0.15) is 27.7 Å². The van der Waals surface area contributed by atoms with Gasteiger partial charge in [0.15, 0.2) is 0 Å². The summed E-state index contributed by atoms with van der Waals surface area (Å²) in [5.74, 6) is 0. The van der Waals surface area contributed by atoms with Crippen molar-refractivity contribution in [3.05, 3.63) is 0 Å². The molecule has 0 heterocycles. The smallest absolute Gasteiger partial charge is 0.135 e. The second kappa shape index (κ2) is 6.68. The molecule has 0 aliphatic carbocycles. The van der Waals surface area contributed by atoms with Crippen molar-refractivity contribution in [1.82, 2.24) is 10.0 Å². The lowest BCUT2D eigenvalue weighted by Gasteiger charge is -2.38. The van der Waals surface area contributed by atoms with Gasteiger partial charge in [-0.05, 0) is 27.7 Å². The van der Waals surface area contributed by atoms with E-state index in [0.29, 0.717) is 13.1 Å². The Morgan fingerprint density at radius 2 is 1.14 bits per heavy atom. The van der Waals surface area contributed by atoms with Crippen LogP contribution in [0.15, 0.2) is 0 Å². The molecule has 0 fully saturated rings. The van der Waals surface area contributed by atoms with Crippen molar-refractivity contribution < 1.29 is 9.59 Å². The summed E-state index contributed by atoms with van der Waals surface area (Å²) in [5.41, 5.74) is 0. The summed E-state index contributed by atoms with van der Waals surface area (Å²) in [6.45, 7) is 8.69. The summed E-state index contributed by atoms with van der Waals surface area (Å²) in [5, 5.41) is 3.82. The maximum absolute atomic E-state index is 10.5. The molecule has 0 spiro atoms. The first kappa shape index (κ1) is 13.3. The van der Waals surface area contributed by atoms with Gasteiger partial charge in [-0.3, -0.25) is 0 Å². The van der Waals surface area contributed by atoms with Gasteiger partial charge >= 0.3 is 0 Å². The monoisotopic (exact) mass is 200 g/mol. The van der Waals surface area contributed by atoms with Crippen LogP contribution in [-0.4, -0.2) is 47.8 Å². The fourth-order valence-corrected chi connectivity index (χ4v) is 1.38. The predicted octanol–water partition coefficient (Wildman–Crippen LogP) is 0.720. The molecule has 0 saturated heterocycles. The first-order valence-corrected chi connectivity index (χ1v) is 4.95. The molecule has 0 saturated carbocycles. The molecule has 0 unspecified atom stereocenters. The number of aldehydes is 2. The predicted molar refractivity (Wildman–Crippen MR) is 55.8 cm³/mol. The lowest BCUT2D eigenvalue weighted by molar-refractivity contribution is -0.127. The third-order valence-electron chi connectivity index (χ3n) is 2.05. The maximum Gasteiger partial charge on any atom is 0.135 e. The van der Waals surface area contributed by atoms with Crippen molar-refractivity contribution in [3.63, 3.8) is 0 Å². The van der Waals surface area contributed by atoms with Crippen molar-refractivity contribution in [2.24, 2.45) is 0 Å². The van der Waals surface area contributed by atoms with Crippen LogP contribution >= 0.6 is 0 Å². The van der Waals surface area contributed by atoms with Crippen LogP contribution in [0, 0.1) is 0 Å². The highest BCUT2D eigenvalue weighted by Crippen LogP contribution is 2.07. The van der Waals surface area contributed by atoms with Crippen LogP contribution in [0.4, 0.5) is 0 Å². The van der Waals surface area contributed by atoms with E-state index in [4.69, 9.17) is 0 Å². The highest BCUT2D eigenvalue weighted by Gasteiger charge is 2.19. The van der Waals surface area contributed by atoms with Gasteiger partial charge in [0.05, 0.1) is 13.1 Å². The van der Waals surface area contributed by atoms with E-state index in [0.717, 1.165) is 12.6 Å². The Hall–Kier alpha value is -0.740. The van der Waals surface area contributed by atoms with Crippen LogP contribution in [-0.2, 0) is 9.59 Å². The third-order valence-corrected chi connectivity index (χ3v) is 2.05. The molecule has 0 rings (SSSR count). The van der Waals surface area contributed by atoms with E-state index in [9.17, 15) is 9.59 Å². The summed E-state index contributed by atoms with van der Waals surface area (Å²) in [7, 11) is 0. The number of rotatable bonds is 7. The number of nitrogens with zero attached hydrogens (tertiary/aromatic N) is 2. The Kier molecular flexibility index (Phi) is 6.32. The van der Waals surface area contributed by atoms with Gasteiger partial charge in [0.25, 0.3) is 0 Å². The van der Waals surface area contributed by atoms with Crippen LogP contribution in [0.25, 0.3) is 0 Å². The van der Waals surface area contributed by atoms with Gasteiger partial charge in [0.1, 0.15) is 12.6 Å². The molecule has 4 heteroatoms. The normalized spacial score (nSPS) is 11.7. The molecule has 0 aliphatic heterocycles. The molecule has 0 aromatic heterocycles. The van der Waals surface area contributed by atoms with Crippen LogP contribution in [0.5, 0.6) is 0 Å². The first-order chi connectivity index (χ1) is 6.54. The third kappa shape index (κ3) is 3.98. The molecule has 0 bridgehead atoms. The van der Waals surface area contributed by atoms with Gasteiger partial charge in [-0.15, -0.1) is 0 Å². The fourth-order valence-electron chi connectivity index (χ4n) is 1.38. The minimum atomic E-state index is 0.225. The zero-order valence-electron chi connectivity index (χ0n) is 9.43. The highest BCUT2D eigenvalue weighted by molar-refractivity contribution is 5.53. The van der Waals surface area contributed by atoms with Gasteiger partial charge in [0.2, 0.25) is 0 Å². The molecule has 82 valence electrons. The van der Waals surface area contributed by atoms with Gasteiger partial charge in [0, 0.05) is 12.1 Å². The quantitative estimate of drug-likeness (QED) is 0.448. The summed E-state index contributed by atoms with van der Waals surface area (Å²) >= 11 is 0. The van der Waals surface area contributed by atoms with Gasteiger partial charge in [-0.2, -0.15) is 0 Å². The molecule has 4 nitrogen and oxygen atoms in total. The second-order valence-electron chi connectivity index (χ2n) is 3.76. The zero-order chi connectivity index (χ0) is 11.1. The van der Waals surface area contributed by atoms with Crippen molar-refractivity contribution in [3.8, 4) is 0 Å². The molecule has 0 aliphatic rings. The number of carbonyl (C=O) groups excluding carboxylic acids is 2. The Morgan fingerprint density at radius 1 is 0.857 bits per heavy atom. The van der Waals surface area contributed by atoms with Crippen molar-refractivity contribution in [2.45, 2.75) is 39.8 Å². The van der Waals surface area contributed by atoms with Crippen molar-refractivity contribution in [1.29, 1.82) is 0 Å². The van der Waals surface area contributed by atoms with E-state index < -0.39 is 0 Å². The highest BCUT2D eigenvalue weighted by atomic mass is 16.1. The van der Waals surface area contributed by atoms with E-state index in [1.165, 1.54) is 0 Å². The second-order valence-corrected chi connectivity index (χ2v) is 3.76. The molecular weight excluding hydrogens is 180 g/mol. The molecular formula is C10H20N2O2. The van der Waals surface area contributed by atoms with Gasteiger partial charge in [-0.25, -0.2) is 10.0 Å². The van der Waals surface area contributed by atoms with Crippen LogP contribution in [0.2, 0.25) is 0 Å². The average molecular weight is 200 g/mol. The van der Waals surface area contributed by atoms with E-state index >= 15 is 0 Å². The van der Waals surface area contributed by atoms with Gasteiger partial charge < -0.3 is 9.59 Å². The van der Waals surface area contributed by atoms with Crippen molar-refractivity contribution in [2.75, 3.05) is 13.1 Å². The zero-order valence-corrected chi connectivity index (χ0v) is 9.43. The lowest BCUT2D eigenvalue weighted by atomic mass is 10.3. The molecule has 0 N–H and O–H groups in total. The summed E-state index contributed by atoms with van der Waals surface area (Å²) < 4.78 is 0. The Balaban J connectivity index is 4.52. The number of hydrogen-bond acceptors (Lipinski definition) is 4.